The van der Waals surface area contributed by atoms with Gasteiger partial charge in [-0.25, -0.2) is 0 Å². The van der Waals surface area contributed by atoms with E-state index < -0.39 is 5.60 Å². The Balaban J connectivity index is 1.08. The Kier molecular flexibility index (Phi) is 6.57. The summed E-state index contributed by atoms with van der Waals surface area (Å²) in [6.07, 6.45) is 4.69. The number of tetrazole rings is 1. The van der Waals surface area contributed by atoms with E-state index >= 15 is 0 Å². The molecule has 0 radical (unpaired) electrons. The molecular formula is C29H33ClN6O3. The molecule has 3 N–H and O–H groups in total. The van der Waals surface area contributed by atoms with Crippen molar-refractivity contribution in [2.45, 2.75) is 64.1 Å². The molecule has 4 aliphatic carbocycles. The number of aromatic nitrogens is 4. The van der Waals surface area contributed by atoms with E-state index in [4.69, 9.17) is 16.3 Å². The van der Waals surface area contributed by atoms with Gasteiger partial charge in [0.05, 0.1) is 5.41 Å². The molecule has 3 aromatic rings. The van der Waals surface area contributed by atoms with Crippen molar-refractivity contribution in [3.63, 3.8) is 0 Å². The van der Waals surface area contributed by atoms with Crippen LogP contribution in [0.1, 0.15) is 51.5 Å². The molecule has 4 unspecified atom stereocenters. The van der Waals surface area contributed by atoms with Gasteiger partial charge in [-0.2, -0.15) is 5.21 Å². The average molecular weight is 549 g/mol. The molecule has 10 heteroatoms. The minimum Gasteiger partial charge on any atom is -0.478 e. The number of aromatic amines is 1. The van der Waals surface area contributed by atoms with Crippen molar-refractivity contribution in [2.24, 2.45) is 23.2 Å². The van der Waals surface area contributed by atoms with Crippen LogP contribution in [-0.2, 0) is 16.1 Å². The van der Waals surface area contributed by atoms with Crippen LogP contribution in [0, 0.1) is 23.2 Å². The highest BCUT2D eigenvalue weighted by Gasteiger charge is 2.59. The predicted octanol–water partition coefficient (Wildman–Crippen LogP) is 4.31. The summed E-state index contributed by atoms with van der Waals surface area (Å²) >= 11 is 5.98. The van der Waals surface area contributed by atoms with E-state index in [0.29, 0.717) is 40.9 Å². The van der Waals surface area contributed by atoms with Crippen LogP contribution in [0.25, 0.3) is 11.4 Å². The topological polar surface area (TPSA) is 122 Å². The van der Waals surface area contributed by atoms with Gasteiger partial charge in [0.1, 0.15) is 5.75 Å². The number of carbonyl (C=O) groups is 2. The number of nitrogens with zero attached hydrogens (tertiary/aromatic N) is 3. The molecule has 2 aromatic carbocycles. The predicted molar refractivity (Wildman–Crippen MR) is 146 cm³/mol. The Morgan fingerprint density at radius 3 is 2.38 bits per heavy atom. The highest BCUT2D eigenvalue weighted by Crippen LogP contribution is 2.60. The summed E-state index contributed by atoms with van der Waals surface area (Å²) in [7, 11) is 0. The zero-order valence-corrected chi connectivity index (χ0v) is 22.9. The van der Waals surface area contributed by atoms with Crippen LogP contribution in [0.4, 0.5) is 0 Å². The van der Waals surface area contributed by atoms with E-state index in [2.05, 4.69) is 31.3 Å². The molecule has 0 saturated heterocycles. The summed E-state index contributed by atoms with van der Waals surface area (Å²) in [6.45, 7) is 4.05. The maximum absolute atomic E-state index is 13.6. The fraction of sp³-hybridized carbons (Fsp3) is 0.483. The number of carbonyl (C=O) groups excluding carboxylic acids is 2. The molecular weight excluding hydrogens is 516 g/mol. The van der Waals surface area contributed by atoms with Crippen LogP contribution in [0.2, 0.25) is 5.02 Å². The van der Waals surface area contributed by atoms with Gasteiger partial charge in [-0.15, -0.1) is 10.2 Å². The Labute approximate surface area is 232 Å². The maximum Gasteiger partial charge on any atom is 0.263 e. The number of H-pyrrole nitrogens is 1. The normalized spacial score (nSPS) is 27.3. The van der Waals surface area contributed by atoms with Gasteiger partial charge in [-0.05, 0) is 98.7 Å². The van der Waals surface area contributed by atoms with Gasteiger partial charge in [0.15, 0.2) is 5.60 Å². The molecule has 7 rings (SSSR count). The summed E-state index contributed by atoms with van der Waals surface area (Å²) in [5.41, 5.74) is 0.511. The highest BCUT2D eigenvalue weighted by atomic mass is 35.5. The molecule has 4 aliphatic rings. The molecule has 5 atom stereocenters. The first kappa shape index (κ1) is 25.8. The van der Waals surface area contributed by atoms with Crippen molar-refractivity contribution in [3.8, 4) is 17.1 Å². The van der Waals surface area contributed by atoms with Gasteiger partial charge in [-0.1, -0.05) is 35.9 Å². The van der Waals surface area contributed by atoms with Gasteiger partial charge in [0.25, 0.3) is 5.91 Å². The maximum atomic E-state index is 13.6. The lowest BCUT2D eigenvalue weighted by Crippen LogP contribution is -2.64. The first-order chi connectivity index (χ1) is 18.7. The number of nitrogens with one attached hydrogen (secondary N) is 3. The van der Waals surface area contributed by atoms with Crippen molar-refractivity contribution in [1.29, 1.82) is 0 Å². The van der Waals surface area contributed by atoms with E-state index in [-0.39, 0.29) is 23.3 Å². The number of halogens is 1. The molecule has 0 aliphatic heterocycles. The molecule has 204 valence electrons. The van der Waals surface area contributed by atoms with Gasteiger partial charge in [0.2, 0.25) is 11.7 Å². The number of hydrogen-bond acceptors (Lipinski definition) is 6. The summed E-state index contributed by atoms with van der Waals surface area (Å²) in [4.78, 5) is 26.9. The largest absolute Gasteiger partial charge is 0.478 e. The second-order valence-corrected chi connectivity index (χ2v) is 12.4. The van der Waals surface area contributed by atoms with E-state index in [0.717, 1.165) is 43.2 Å². The first-order valence-corrected chi connectivity index (χ1v) is 14.0. The lowest BCUT2D eigenvalue weighted by Gasteiger charge is -2.59. The Morgan fingerprint density at radius 1 is 1.05 bits per heavy atom. The second kappa shape index (κ2) is 9.93. The van der Waals surface area contributed by atoms with Crippen LogP contribution in [0.3, 0.4) is 0 Å². The van der Waals surface area contributed by atoms with Crippen LogP contribution in [0.5, 0.6) is 5.75 Å². The Bertz CT molecular complexity index is 1330. The van der Waals surface area contributed by atoms with Crippen molar-refractivity contribution in [1.82, 2.24) is 31.3 Å². The third-order valence-corrected chi connectivity index (χ3v) is 9.05. The molecule has 4 fully saturated rings. The number of hydrogen-bond donors (Lipinski definition) is 3. The number of benzene rings is 2. The summed E-state index contributed by atoms with van der Waals surface area (Å²) in [5.74, 6) is 2.29. The molecule has 9 nitrogen and oxygen atoms in total. The molecule has 4 saturated carbocycles. The van der Waals surface area contributed by atoms with Gasteiger partial charge >= 0.3 is 0 Å². The zero-order chi connectivity index (χ0) is 27.2. The fourth-order valence-corrected chi connectivity index (χ4v) is 7.26. The minimum atomic E-state index is -1.03. The number of ether oxygens (including phenoxy) is 1. The van der Waals surface area contributed by atoms with E-state index in [1.807, 2.05) is 24.3 Å². The quantitative estimate of drug-likeness (QED) is 0.386. The summed E-state index contributed by atoms with van der Waals surface area (Å²) in [6, 6.07) is 14.9. The van der Waals surface area contributed by atoms with E-state index in [1.54, 1.807) is 38.1 Å². The number of amides is 2. The van der Waals surface area contributed by atoms with E-state index in [1.165, 1.54) is 0 Å². The SMILES string of the molecule is CC(C)(Oc1ccc(Cl)cc1)C(=O)NC1C2CC3C[C@@H]1CC(C(=O)NCc1ccc(-c4nn[nH]n4)cc1)(C3)C2. The van der Waals surface area contributed by atoms with Crippen LogP contribution in [-0.4, -0.2) is 44.1 Å². The monoisotopic (exact) mass is 548 g/mol. The summed E-state index contributed by atoms with van der Waals surface area (Å²) < 4.78 is 6.03. The average Bonchev–Trinajstić information content (AvgIpc) is 3.45. The minimum absolute atomic E-state index is 0.0701. The van der Waals surface area contributed by atoms with Crippen molar-refractivity contribution < 1.29 is 14.3 Å². The van der Waals surface area contributed by atoms with Crippen molar-refractivity contribution in [2.75, 3.05) is 0 Å². The lowest BCUT2D eigenvalue weighted by molar-refractivity contribution is -0.152. The highest BCUT2D eigenvalue weighted by molar-refractivity contribution is 6.30. The van der Waals surface area contributed by atoms with E-state index in [9.17, 15) is 9.59 Å². The van der Waals surface area contributed by atoms with Crippen molar-refractivity contribution in [3.05, 3.63) is 59.1 Å². The van der Waals surface area contributed by atoms with Gasteiger partial charge in [0, 0.05) is 23.2 Å². The van der Waals surface area contributed by atoms with Gasteiger partial charge in [-0.3, -0.25) is 9.59 Å². The molecule has 0 spiro atoms. The first-order valence-electron chi connectivity index (χ1n) is 13.6. The molecule has 1 heterocycles. The molecule has 2 amide bonds. The number of rotatable bonds is 8. The third-order valence-electron chi connectivity index (χ3n) is 8.80. The molecule has 1 aromatic heterocycles. The van der Waals surface area contributed by atoms with Crippen LogP contribution in [0.15, 0.2) is 48.5 Å². The lowest BCUT2D eigenvalue weighted by atomic mass is 9.47. The van der Waals surface area contributed by atoms with Gasteiger partial charge < -0.3 is 15.4 Å². The summed E-state index contributed by atoms with van der Waals surface area (Å²) in [5, 5.41) is 21.2. The molecule has 39 heavy (non-hydrogen) atoms. The zero-order valence-electron chi connectivity index (χ0n) is 22.1. The fourth-order valence-electron chi connectivity index (χ4n) is 7.13. The third kappa shape index (κ3) is 5.12. The Morgan fingerprint density at radius 2 is 1.74 bits per heavy atom. The smallest absolute Gasteiger partial charge is 0.263 e. The van der Waals surface area contributed by atoms with Crippen molar-refractivity contribution >= 4 is 23.4 Å². The van der Waals surface area contributed by atoms with Crippen LogP contribution < -0.4 is 15.4 Å². The second-order valence-electron chi connectivity index (χ2n) is 11.9. The Hall–Kier alpha value is -3.46. The van der Waals surface area contributed by atoms with Crippen LogP contribution >= 0.6 is 11.6 Å². The standard InChI is InChI=1S/C29H33ClN6O3/c1-28(2,39-23-9-7-22(30)8-10-23)26(37)32-24-20-11-18-12-21(24)15-29(13-18,14-20)27(38)31-16-17-3-5-19(6-4-17)25-33-35-36-34-25/h3-10,18,20-21,24H,11-16H2,1-2H3,(H,31,38)(H,32,37)(H,33,34,35,36)/t18?,20-,21?,24?,29?/m1/s1. The molecule has 4 bridgehead atoms.